The van der Waals surface area contributed by atoms with E-state index in [4.69, 9.17) is 12.2 Å². The molecular formula is C23H29N3OS2. The Kier molecular flexibility index (Phi) is 8.83. The molecule has 1 heterocycles. The number of benzene rings is 2. The average Bonchev–Trinajstić information content (AvgIpc) is 2.77. The minimum absolute atomic E-state index is 0.130. The van der Waals surface area contributed by atoms with Crippen LogP contribution in [0.2, 0.25) is 0 Å². The first-order chi connectivity index (χ1) is 14.2. The molecule has 0 aliphatic carbocycles. The van der Waals surface area contributed by atoms with Gasteiger partial charge in [-0.3, -0.25) is 4.79 Å². The van der Waals surface area contributed by atoms with Crippen molar-refractivity contribution in [2.75, 3.05) is 30.7 Å². The smallest absolute Gasteiger partial charge is 0.253 e. The van der Waals surface area contributed by atoms with E-state index in [9.17, 15) is 4.79 Å². The van der Waals surface area contributed by atoms with Crippen LogP contribution in [0, 0.1) is 0 Å². The van der Waals surface area contributed by atoms with Crippen LogP contribution in [0.4, 0.5) is 5.69 Å². The van der Waals surface area contributed by atoms with Crippen molar-refractivity contribution in [3.63, 3.8) is 0 Å². The monoisotopic (exact) mass is 427 g/mol. The molecule has 4 nitrogen and oxygen atoms in total. The fraction of sp³-hybridized carbons (Fsp3) is 0.391. The highest BCUT2D eigenvalue weighted by atomic mass is 32.2. The van der Waals surface area contributed by atoms with E-state index in [1.54, 1.807) is 0 Å². The third-order valence-electron chi connectivity index (χ3n) is 4.90. The Morgan fingerprint density at radius 1 is 1.00 bits per heavy atom. The number of thioether (sulfide) groups is 1. The predicted octanol–water partition coefficient (Wildman–Crippen LogP) is 4.92. The summed E-state index contributed by atoms with van der Waals surface area (Å²) >= 11 is 7.31. The Morgan fingerprint density at radius 3 is 2.45 bits per heavy atom. The zero-order chi connectivity index (χ0) is 20.3. The molecule has 1 amide bonds. The van der Waals surface area contributed by atoms with Gasteiger partial charge in [0.25, 0.3) is 5.91 Å². The molecule has 0 bridgehead atoms. The highest BCUT2D eigenvalue weighted by Crippen LogP contribution is 2.16. The minimum atomic E-state index is 0.130. The first kappa shape index (κ1) is 21.7. The van der Waals surface area contributed by atoms with Crippen LogP contribution in [0.25, 0.3) is 0 Å². The quantitative estimate of drug-likeness (QED) is 0.462. The Morgan fingerprint density at radius 2 is 1.72 bits per heavy atom. The fourth-order valence-corrected chi connectivity index (χ4v) is 4.43. The first-order valence-electron chi connectivity index (χ1n) is 10.3. The van der Waals surface area contributed by atoms with Crippen molar-refractivity contribution in [3.05, 3.63) is 65.7 Å². The molecule has 29 heavy (non-hydrogen) atoms. The molecule has 0 radical (unpaired) electrons. The lowest BCUT2D eigenvalue weighted by atomic mass is 10.1. The van der Waals surface area contributed by atoms with E-state index in [-0.39, 0.29) is 5.91 Å². The molecule has 1 saturated heterocycles. The van der Waals surface area contributed by atoms with Gasteiger partial charge in [-0.2, -0.15) is 11.8 Å². The van der Waals surface area contributed by atoms with Gasteiger partial charge in [-0.05, 0) is 73.5 Å². The second-order valence-electron chi connectivity index (χ2n) is 7.20. The molecule has 0 aromatic heterocycles. The average molecular weight is 428 g/mol. The summed E-state index contributed by atoms with van der Waals surface area (Å²) in [5.74, 6) is 2.27. The highest BCUT2D eigenvalue weighted by Gasteiger charge is 2.17. The van der Waals surface area contributed by atoms with Crippen LogP contribution in [-0.2, 0) is 5.75 Å². The van der Waals surface area contributed by atoms with Gasteiger partial charge in [-0.25, -0.2) is 0 Å². The number of carbonyl (C=O) groups excluding carboxylic acids is 1. The van der Waals surface area contributed by atoms with E-state index in [2.05, 4.69) is 34.9 Å². The zero-order valence-electron chi connectivity index (χ0n) is 16.7. The summed E-state index contributed by atoms with van der Waals surface area (Å²) in [6, 6.07) is 18.1. The maximum atomic E-state index is 12.5. The van der Waals surface area contributed by atoms with Crippen LogP contribution in [0.5, 0.6) is 0 Å². The van der Waals surface area contributed by atoms with Crippen LogP contribution in [-0.4, -0.2) is 41.3 Å². The van der Waals surface area contributed by atoms with Gasteiger partial charge in [0, 0.05) is 36.6 Å². The number of likely N-dealkylation sites (tertiary alicyclic amines) is 1. The van der Waals surface area contributed by atoms with Crippen molar-refractivity contribution in [1.82, 2.24) is 10.2 Å². The van der Waals surface area contributed by atoms with Crippen molar-refractivity contribution in [1.29, 1.82) is 0 Å². The zero-order valence-corrected chi connectivity index (χ0v) is 18.4. The lowest BCUT2D eigenvalue weighted by Crippen LogP contribution is -2.35. The minimum Gasteiger partial charge on any atom is -0.362 e. The van der Waals surface area contributed by atoms with Crippen molar-refractivity contribution in [3.8, 4) is 0 Å². The normalized spacial score (nSPS) is 13.7. The molecule has 2 N–H and O–H groups in total. The van der Waals surface area contributed by atoms with Crippen LogP contribution >= 0.6 is 24.0 Å². The summed E-state index contributed by atoms with van der Waals surface area (Å²) in [4.78, 5) is 14.5. The molecule has 0 atom stereocenters. The molecule has 0 saturated carbocycles. The second-order valence-corrected chi connectivity index (χ2v) is 8.72. The topological polar surface area (TPSA) is 44.4 Å². The summed E-state index contributed by atoms with van der Waals surface area (Å²) in [5.41, 5.74) is 3.01. The third kappa shape index (κ3) is 7.37. The lowest BCUT2D eigenvalue weighted by Gasteiger charge is -2.26. The molecule has 1 aliphatic rings. The van der Waals surface area contributed by atoms with Crippen molar-refractivity contribution in [2.45, 2.75) is 31.4 Å². The number of nitrogens with one attached hydrogen (secondary N) is 2. The summed E-state index contributed by atoms with van der Waals surface area (Å²) in [5, 5.41) is 7.06. The summed E-state index contributed by atoms with van der Waals surface area (Å²) in [6.07, 6.45) is 4.50. The van der Waals surface area contributed by atoms with E-state index in [1.807, 2.05) is 47.0 Å². The molecule has 2 aromatic carbocycles. The number of piperidine rings is 1. The number of hydrogen-bond donors (Lipinski definition) is 2. The van der Waals surface area contributed by atoms with Gasteiger partial charge < -0.3 is 15.5 Å². The van der Waals surface area contributed by atoms with E-state index in [1.165, 1.54) is 12.0 Å². The van der Waals surface area contributed by atoms with Crippen LogP contribution in [0.1, 0.15) is 41.6 Å². The third-order valence-corrected chi connectivity index (χ3v) is 6.26. The second kappa shape index (κ2) is 11.8. The molecule has 1 aliphatic heterocycles. The lowest BCUT2D eigenvalue weighted by molar-refractivity contribution is 0.0724. The molecule has 1 fully saturated rings. The number of nitrogens with zero attached hydrogens (tertiary/aromatic N) is 1. The molecule has 0 spiro atoms. The predicted molar refractivity (Wildman–Crippen MR) is 128 cm³/mol. The Balaban J connectivity index is 1.32. The largest absolute Gasteiger partial charge is 0.362 e. The van der Waals surface area contributed by atoms with Crippen molar-refractivity contribution < 1.29 is 4.79 Å². The Bertz CT molecular complexity index is 774. The number of rotatable bonds is 8. The number of carbonyl (C=O) groups is 1. The van der Waals surface area contributed by atoms with Crippen LogP contribution in [0.3, 0.4) is 0 Å². The maximum absolute atomic E-state index is 12.5. The SMILES string of the molecule is O=C(c1ccc(NC(=S)NCCCSCc2ccccc2)cc1)N1CCCCC1. The van der Waals surface area contributed by atoms with Crippen LogP contribution in [0.15, 0.2) is 54.6 Å². The van der Waals surface area contributed by atoms with Crippen molar-refractivity contribution >= 4 is 40.7 Å². The van der Waals surface area contributed by atoms with Gasteiger partial charge in [-0.1, -0.05) is 30.3 Å². The van der Waals surface area contributed by atoms with Crippen molar-refractivity contribution in [2.24, 2.45) is 0 Å². The van der Waals surface area contributed by atoms with E-state index in [0.29, 0.717) is 5.11 Å². The number of thiocarbonyl (C=S) groups is 1. The summed E-state index contributed by atoms with van der Waals surface area (Å²) in [7, 11) is 0. The van der Waals surface area contributed by atoms with Crippen LogP contribution < -0.4 is 10.6 Å². The van der Waals surface area contributed by atoms with Gasteiger partial charge in [0.15, 0.2) is 5.11 Å². The Hall–Kier alpha value is -2.05. The number of amides is 1. The summed E-state index contributed by atoms with van der Waals surface area (Å²) in [6.45, 7) is 2.59. The molecule has 2 aromatic rings. The van der Waals surface area contributed by atoms with Gasteiger partial charge in [0.05, 0.1) is 0 Å². The molecule has 154 valence electrons. The van der Waals surface area contributed by atoms with Gasteiger partial charge in [0.1, 0.15) is 0 Å². The number of anilines is 1. The highest BCUT2D eigenvalue weighted by molar-refractivity contribution is 7.98. The molecular weight excluding hydrogens is 398 g/mol. The molecule has 6 heteroatoms. The summed E-state index contributed by atoms with van der Waals surface area (Å²) < 4.78 is 0. The van der Waals surface area contributed by atoms with Gasteiger partial charge in [0.2, 0.25) is 0 Å². The molecule has 3 rings (SSSR count). The Labute approximate surface area is 183 Å². The van der Waals surface area contributed by atoms with E-state index < -0.39 is 0 Å². The maximum Gasteiger partial charge on any atom is 0.253 e. The molecule has 0 unspecified atom stereocenters. The van der Waals surface area contributed by atoms with E-state index >= 15 is 0 Å². The number of hydrogen-bond acceptors (Lipinski definition) is 3. The standard InChI is InChI=1S/C23H29N3OS2/c27-22(26-15-5-2-6-16-26)20-10-12-21(13-11-20)25-23(28)24-14-7-17-29-18-19-8-3-1-4-9-19/h1,3-4,8-13H,2,5-7,14-18H2,(H2,24,25,28). The van der Waals surface area contributed by atoms with Gasteiger partial charge >= 0.3 is 0 Å². The van der Waals surface area contributed by atoms with E-state index in [0.717, 1.165) is 61.7 Å². The van der Waals surface area contributed by atoms with Gasteiger partial charge in [-0.15, -0.1) is 0 Å². The fourth-order valence-electron chi connectivity index (χ4n) is 3.29. The first-order valence-corrected chi connectivity index (χ1v) is 11.8.